The molecule has 0 spiro atoms. The first-order chi connectivity index (χ1) is 27.6. The number of halogens is 4. The van der Waals surface area contributed by atoms with Crippen LogP contribution in [0.1, 0.15) is 86.7 Å². The van der Waals surface area contributed by atoms with E-state index in [1.807, 2.05) is 14.1 Å². The van der Waals surface area contributed by atoms with Crippen molar-refractivity contribution in [1.82, 2.24) is 5.32 Å². The Morgan fingerprint density at radius 1 is 0.881 bits per heavy atom. The molecule has 0 saturated carbocycles. The summed E-state index contributed by atoms with van der Waals surface area (Å²) in [5.74, 6) is -10.0. The molecule has 0 aromatic heterocycles. The number of benzene rings is 3. The predicted molar refractivity (Wildman–Crippen MR) is 232 cm³/mol. The van der Waals surface area contributed by atoms with Crippen LogP contribution in [0.3, 0.4) is 0 Å². The number of nitrogens with one attached hydrogen (secondary N) is 1. The normalized spacial score (nSPS) is 13.6. The lowest BCUT2D eigenvalue weighted by molar-refractivity contribution is -0.890. The number of amides is 1. The Bertz CT molecular complexity index is 2040. The van der Waals surface area contributed by atoms with Crippen LogP contribution in [-0.2, 0) is 14.9 Å². The summed E-state index contributed by atoms with van der Waals surface area (Å²) in [6.45, 7) is 13.2. The van der Waals surface area contributed by atoms with Gasteiger partial charge in [0, 0.05) is 56.5 Å². The number of rotatable bonds is 23. The highest BCUT2D eigenvalue weighted by Gasteiger charge is 2.44. The summed E-state index contributed by atoms with van der Waals surface area (Å²) in [6, 6.07) is 17.4. The lowest BCUT2D eigenvalue weighted by Gasteiger charge is -2.34. The molecule has 0 aliphatic heterocycles. The van der Waals surface area contributed by atoms with Crippen LogP contribution in [0.4, 0.5) is 17.6 Å². The zero-order valence-electron chi connectivity index (χ0n) is 33.9. The second kappa shape index (κ2) is 22.4. The van der Waals surface area contributed by atoms with E-state index >= 15 is 17.6 Å². The summed E-state index contributed by atoms with van der Waals surface area (Å²) in [5, 5.41) is 2.74. The van der Waals surface area contributed by atoms with Crippen LogP contribution in [0.5, 0.6) is 5.75 Å². The first kappa shape index (κ1) is 49.8. The van der Waals surface area contributed by atoms with Crippen LogP contribution in [0.2, 0.25) is 0 Å². The molecule has 1 amide bonds. The third-order valence-corrected chi connectivity index (χ3v) is 13.1. The highest BCUT2D eigenvalue weighted by atomic mass is 32.2. The van der Waals surface area contributed by atoms with Gasteiger partial charge in [-0.25, -0.2) is 15.4 Å². The molecule has 0 saturated heterocycles. The third kappa shape index (κ3) is 15.8. The van der Waals surface area contributed by atoms with Gasteiger partial charge in [-0.05, 0) is 37.7 Å². The smallest absolute Gasteiger partial charge is 0.265 e. The maximum absolute atomic E-state index is 16.2. The Morgan fingerprint density at radius 2 is 1.44 bits per heavy atom. The Kier molecular flexibility index (Phi) is 18.9. The number of thioether (sulfide) groups is 2. The zero-order valence-corrected chi connectivity index (χ0v) is 37.1. The van der Waals surface area contributed by atoms with Crippen LogP contribution >= 0.6 is 35.7 Å². The van der Waals surface area contributed by atoms with Crippen molar-refractivity contribution in [2.45, 2.75) is 75.5 Å². The second-order valence-corrected chi connectivity index (χ2v) is 20.5. The summed E-state index contributed by atoms with van der Waals surface area (Å²) in [4.78, 5) is 30.1. The molecule has 0 aliphatic carbocycles. The standard InChI is InChI=1S/C42H51F4N3O6S4/c1-41(2,47-4)27-31(32-33(43)35(45)37(36(46)34(32)44)55-24-13-14-25-57-38(50)29-17-9-7-10-18-29)28-42(3,58-39(56)30-19-11-8-12-20-30)40(51)48-21-15-22-49(5,6)23-16-26-59(52,53)54/h7-12,17-20,31H,13-16,21-28H2,1-3,5-6H3,(H-,48,51,52,53,54)/p+1. The van der Waals surface area contributed by atoms with Crippen molar-refractivity contribution >= 4 is 61.1 Å². The monoisotopic (exact) mass is 898 g/mol. The fourth-order valence-electron chi connectivity index (χ4n) is 6.41. The molecular formula is C42H52F4N3O6S4+. The third-order valence-electron chi connectivity index (χ3n) is 9.58. The van der Waals surface area contributed by atoms with Crippen molar-refractivity contribution in [3.63, 3.8) is 0 Å². The first-order valence-electron chi connectivity index (χ1n) is 19.0. The molecule has 2 atom stereocenters. The molecule has 2 unspecified atom stereocenters. The van der Waals surface area contributed by atoms with Crippen molar-refractivity contribution in [1.29, 1.82) is 0 Å². The highest BCUT2D eigenvalue weighted by molar-refractivity contribution is 8.25. The molecule has 3 aromatic rings. The lowest BCUT2D eigenvalue weighted by Crippen LogP contribution is -2.46. The molecule has 3 aromatic carbocycles. The topological polar surface area (TPSA) is 114 Å². The lowest BCUT2D eigenvalue weighted by atomic mass is 9.79. The minimum atomic E-state index is -4.10. The maximum atomic E-state index is 16.2. The van der Waals surface area contributed by atoms with E-state index in [1.165, 1.54) is 20.8 Å². The number of hydrogen-bond acceptors (Lipinski definition) is 8. The van der Waals surface area contributed by atoms with Crippen LogP contribution in [0.15, 0.2) is 60.7 Å². The average Bonchev–Trinajstić information content (AvgIpc) is 3.17. The van der Waals surface area contributed by atoms with Gasteiger partial charge in [-0.1, -0.05) is 96.4 Å². The number of ether oxygens (including phenoxy) is 1. The molecule has 0 heterocycles. The van der Waals surface area contributed by atoms with E-state index in [-0.39, 0.29) is 53.9 Å². The van der Waals surface area contributed by atoms with Gasteiger partial charge in [-0.3, -0.25) is 14.1 Å². The Morgan fingerprint density at radius 3 is 2.00 bits per heavy atom. The van der Waals surface area contributed by atoms with Gasteiger partial charge in [-0.15, -0.1) is 0 Å². The Balaban J connectivity index is 1.86. The number of unbranched alkanes of at least 4 members (excludes halogenated alkanes) is 1. The molecule has 0 fully saturated rings. The summed E-state index contributed by atoms with van der Waals surface area (Å²) in [5.41, 5.74) is -1.09. The fraction of sp³-hybridized carbons (Fsp3) is 0.476. The van der Waals surface area contributed by atoms with Gasteiger partial charge in [0.1, 0.15) is 0 Å². The highest BCUT2D eigenvalue weighted by Crippen LogP contribution is 2.45. The number of quaternary nitrogens is 1. The molecule has 0 radical (unpaired) electrons. The fourth-order valence-corrected chi connectivity index (χ4v) is 9.54. The van der Waals surface area contributed by atoms with E-state index in [9.17, 15) is 18.0 Å². The van der Waals surface area contributed by atoms with E-state index in [1.54, 1.807) is 60.7 Å². The van der Waals surface area contributed by atoms with Crippen LogP contribution in [0.25, 0.3) is 4.85 Å². The minimum absolute atomic E-state index is 0.138. The van der Waals surface area contributed by atoms with Crippen molar-refractivity contribution in [3.8, 4) is 5.75 Å². The van der Waals surface area contributed by atoms with E-state index < -0.39 is 66.8 Å². The van der Waals surface area contributed by atoms with Gasteiger partial charge in [0.25, 0.3) is 10.1 Å². The van der Waals surface area contributed by atoms with E-state index in [0.29, 0.717) is 47.3 Å². The number of hydrogen-bond donors (Lipinski definition) is 2. The van der Waals surface area contributed by atoms with Crippen LogP contribution in [0, 0.1) is 29.8 Å². The van der Waals surface area contributed by atoms with Gasteiger partial charge < -0.3 is 19.4 Å². The molecule has 0 aliphatic rings. The molecule has 17 heteroatoms. The minimum Gasteiger partial charge on any atom is -0.487 e. The van der Waals surface area contributed by atoms with E-state index in [0.717, 1.165) is 23.5 Å². The van der Waals surface area contributed by atoms with Gasteiger partial charge >= 0.3 is 0 Å². The summed E-state index contributed by atoms with van der Waals surface area (Å²) >= 11 is 7.75. The van der Waals surface area contributed by atoms with Gasteiger partial charge in [0.05, 0.1) is 48.5 Å². The van der Waals surface area contributed by atoms with E-state index in [2.05, 4.69) is 10.2 Å². The molecule has 9 nitrogen and oxygen atoms in total. The van der Waals surface area contributed by atoms with E-state index in [4.69, 9.17) is 28.1 Å². The summed E-state index contributed by atoms with van der Waals surface area (Å²) in [6.07, 6.45) is 0.677. The zero-order chi connectivity index (χ0) is 44.0. The number of carbonyl (C=O) groups is 2. The molecular weight excluding hydrogens is 847 g/mol. The predicted octanol–water partition coefficient (Wildman–Crippen LogP) is 9.27. The SMILES string of the molecule is [C-]#[N+]C(C)(C)CC(CC(C)(SC(=S)c1ccccc1)C(=O)NCCC[N+](C)(C)CCCS(=O)(=O)O)c1c(F)c(F)c(OCCCCSC(=O)c2ccccc2)c(F)c1F. The Labute approximate surface area is 359 Å². The van der Waals surface area contributed by atoms with Crippen molar-refractivity contribution in [2.24, 2.45) is 0 Å². The van der Waals surface area contributed by atoms with Gasteiger partial charge in [-0.2, -0.15) is 17.2 Å². The molecule has 0 bridgehead atoms. The molecule has 3 rings (SSSR count). The van der Waals surface area contributed by atoms with Gasteiger partial charge in [0.15, 0.2) is 17.4 Å². The number of thiocarbonyl (C=S) groups is 1. The average molecular weight is 899 g/mol. The number of nitrogens with zero attached hydrogens (tertiary/aromatic N) is 2. The van der Waals surface area contributed by atoms with Crippen molar-refractivity contribution in [2.75, 3.05) is 51.8 Å². The quantitative estimate of drug-likeness (QED) is 0.0183. The summed E-state index contributed by atoms with van der Waals surface area (Å²) in [7, 11) is -0.348. The summed E-state index contributed by atoms with van der Waals surface area (Å²) < 4.78 is 99.6. The second-order valence-electron chi connectivity index (χ2n) is 15.7. The molecule has 2 N–H and O–H groups in total. The Hall–Kier alpha value is -3.53. The van der Waals surface area contributed by atoms with Crippen LogP contribution < -0.4 is 10.1 Å². The molecule has 322 valence electrons. The first-order valence-corrected chi connectivity index (χ1v) is 22.8. The van der Waals surface area contributed by atoms with Crippen LogP contribution in [-0.4, -0.2) is 94.8 Å². The molecule has 59 heavy (non-hydrogen) atoms. The number of carbonyl (C=O) groups excluding carboxylic acids is 2. The van der Waals surface area contributed by atoms with Crippen molar-refractivity contribution < 1.29 is 49.3 Å². The van der Waals surface area contributed by atoms with Gasteiger partial charge in [0.2, 0.25) is 28.2 Å². The van der Waals surface area contributed by atoms with Crippen molar-refractivity contribution in [3.05, 3.63) is 112 Å². The maximum Gasteiger partial charge on any atom is 0.265 e. The largest absolute Gasteiger partial charge is 0.487 e.